The first-order valence-electron chi connectivity index (χ1n) is 13.0. The SMILES string of the molecule is CCOc1ccccc1N(CCCC(=O)N(Cc1ccccc1)[C@H](Cc1ccccc1)C(=O)NC)S(C)(=O)=O. The van der Waals surface area contributed by atoms with Gasteiger partial charge in [-0.3, -0.25) is 13.9 Å². The number of hydrogen-bond acceptors (Lipinski definition) is 5. The van der Waals surface area contributed by atoms with Crippen LogP contribution in [0.15, 0.2) is 84.9 Å². The second-order valence-corrected chi connectivity index (χ2v) is 11.1. The lowest BCUT2D eigenvalue weighted by atomic mass is 10.0. The number of carbonyl (C=O) groups excluding carboxylic acids is 2. The van der Waals surface area contributed by atoms with Crippen LogP contribution in [0.4, 0.5) is 5.69 Å². The van der Waals surface area contributed by atoms with Crippen LogP contribution < -0.4 is 14.4 Å². The molecule has 0 aliphatic heterocycles. The number of ether oxygens (including phenoxy) is 1. The molecule has 0 aliphatic carbocycles. The molecule has 8 nitrogen and oxygen atoms in total. The molecule has 1 N–H and O–H groups in total. The second-order valence-electron chi connectivity index (χ2n) is 9.17. The predicted molar refractivity (Wildman–Crippen MR) is 154 cm³/mol. The van der Waals surface area contributed by atoms with Gasteiger partial charge in [0.15, 0.2) is 0 Å². The van der Waals surface area contributed by atoms with Gasteiger partial charge in [0.1, 0.15) is 11.8 Å². The van der Waals surface area contributed by atoms with Crippen LogP contribution in [0, 0.1) is 0 Å². The van der Waals surface area contributed by atoms with E-state index in [0.717, 1.165) is 17.4 Å². The van der Waals surface area contributed by atoms with Gasteiger partial charge in [-0.25, -0.2) is 8.42 Å². The smallest absolute Gasteiger partial charge is 0.242 e. The van der Waals surface area contributed by atoms with Crippen LogP contribution in [-0.4, -0.2) is 57.6 Å². The summed E-state index contributed by atoms with van der Waals surface area (Å²) in [6.45, 7) is 2.58. The average molecular weight is 552 g/mol. The van der Waals surface area contributed by atoms with E-state index < -0.39 is 16.1 Å². The van der Waals surface area contributed by atoms with Crippen molar-refractivity contribution in [3.63, 3.8) is 0 Å². The van der Waals surface area contributed by atoms with E-state index in [1.807, 2.05) is 67.6 Å². The largest absolute Gasteiger partial charge is 0.492 e. The van der Waals surface area contributed by atoms with Gasteiger partial charge in [-0.15, -0.1) is 0 Å². The molecule has 39 heavy (non-hydrogen) atoms. The molecule has 0 bridgehead atoms. The maximum atomic E-state index is 13.7. The van der Waals surface area contributed by atoms with Crippen molar-refractivity contribution in [2.75, 3.05) is 30.8 Å². The van der Waals surface area contributed by atoms with Crippen LogP contribution >= 0.6 is 0 Å². The summed E-state index contributed by atoms with van der Waals surface area (Å²) in [6.07, 6.45) is 1.83. The van der Waals surface area contributed by atoms with Gasteiger partial charge in [0.05, 0.1) is 18.6 Å². The first-order chi connectivity index (χ1) is 18.7. The number of carbonyl (C=O) groups is 2. The normalized spacial score (nSPS) is 11.9. The molecule has 0 heterocycles. The highest BCUT2D eigenvalue weighted by atomic mass is 32.2. The van der Waals surface area contributed by atoms with Crippen LogP contribution in [0.2, 0.25) is 0 Å². The zero-order chi connectivity index (χ0) is 28.3. The lowest BCUT2D eigenvalue weighted by molar-refractivity contribution is -0.141. The molecule has 3 rings (SSSR count). The number of amides is 2. The number of nitrogens with one attached hydrogen (secondary N) is 1. The molecule has 2 amide bonds. The van der Waals surface area contributed by atoms with Crippen molar-refractivity contribution in [3.8, 4) is 5.75 Å². The summed E-state index contributed by atoms with van der Waals surface area (Å²) in [5.41, 5.74) is 2.27. The fraction of sp³-hybridized carbons (Fsp3) is 0.333. The third-order valence-electron chi connectivity index (χ3n) is 6.30. The van der Waals surface area contributed by atoms with Crippen molar-refractivity contribution in [1.82, 2.24) is 10.2 Å². The molecule has 0 saturated carbocycles. The molecule has 3 aromatic carbocycles. The number of para-hydroxylation sites is 2. The standard InChI is InChI=1S/C30H37N3O5S/c1-4-38-28-19-12-11-18-26(28)33(39(3,36)37)21-13-20-29(34)32(23-25-16-9-6-10-17-25)27(30(35)31-2)22-24-14-7-5-8-15-24/h5-12,14-19,27H,4,13,20-23H2,1-3H3,(H,31,35)/t27-/m1/s1. The molecule has 3 aromatic rings. The first kappa shape index (κ1) is 29.7. The predicted octanol–water partition coefficient (Wildman–Crippen LogP) is 4.02. The van der Waals surface area contributed by atoms with Gasteiger partial charge in [0.25, 0.3) is 0 Å². The Balaban J connectivity index is 1.84. The molecule has 1 atom stereocenters. The summed E-state index contributed by atoms with van der Waals surface area (Å²) in [4.78, 5) is 28.3. The molecular weight excluding hydrogens is 514 g/mol. The van der Waals surface area contributed by atoms with Crippen LogP contribution in [-0.2, 0) is 32.6 Å². The molecule has 208 valence electrons. The van der Waals surface area contributed by atoms with Crippen molar-refractivity contribution in [2.24, 2.45) is 0 Å². The van der Waals surface area contributed by atoms with Crippen LogP contribution in [0.25, 0.3) is 0 Å². The molecule has 0 unspecified atom stereocenters. The van der Waals surface area contributed by atoms with Gasteiger partial charge >= 0.3 is 0 Å². The molecule has 0 spiro atoms. The van der Waals surface area contributed by atoms with E-state index in [1.165, 1.54) is 4.31 Å². The summed E-state index contributed by atoms with van der Waals surface area (Å²) in [5, 5.41) is 2.71. The third kappa shape index (κ3) is 8.58. The van der Waals surface area contributed by atoms with Crippen LogP contribution in [0.1, 0.15) is 30.9 Å². The Morgan fingerprint density at radius 3 is 2.08 bits per heavy atom. The van der Waals surface area contributed by atoms with E-state index in [0.29, 0.717) is 24.5 Å². The Morgan fingerprint density at radius 2 is 1.49 bits per heavy atom. The minimum absolute atomic E-state index is 0.0674. The average Bonchev–Trinajstić information content (AvgIpc) is 2.93. The van der Waals surface area contributed by atoms with Gasteiger partial charge in [-0.05, 0) is 36.6 Å². The maximum Gasteiger partial charge on any atom is 0.242 e. The van der Waals surface area contributed by atoms with Gasteiger partial charge < -0.3 is 15.0 Å². The minimum atomic E-state index is -3.64. The van der Waals surface area contributed by atoms with Crippen LogP contribution in [0.3, 0.4) is 0 Å². The lowest BCUT2D eigenvalue weighted by Crippen LogP contribution is -2.49. The minimum Gasteiger partial charge on any atom is -0.492 e. The number of rotatable bonds is 14. The molecule has 9 heteroatoms. The first-order valence-corrected chi connectivity index (χ1v) is 14.9. The molecule has 0 fully saturated rings. The van der Waals surface area contributed by atoms with Crippen molar-refractivity contribution in [3.05, 3.63) is 96.1 Å². The Kier molecular flexibility index (Phi) is 10.9. The van der Waals surface area contributed by atoms with E-state index in [2.05, 4.69) is 5.32 Å². The zero-order valence-electron chi connectivity index (χ0n) is 22.7. The van der Waals surface area contributed by atoms with Crippen molar-refractivity contribution >= 4 is 27.5 Å². The van der Waals surface area contributed by atoms with Gasteiger partial charge in [0.2, 0.25) is 21.8 Å². The second kappa shape index (κ2) is 14.3. The number of sulfonamides is 1. The number of benzene rings is 3. The van der Waals surface area contributed by atoms with Crippen molar-refractivity contribution in [1.29, 1.82) is 0 Å². The Hall–Kier alpha value is -3.85. The number of hydrogen-bond donors (Lipinski definition) is 1. The van der Waals surface area contributed by atoms with Crippen LogP contribution in [0.5, 0.6) is 5.75 Å². The zero-order valence-corrected chi connectivity index (χ0v) is 23.6. The number of likely N-dealkylation sites (N-methyl/N-ethyl adjacent to an activating group) is 1. The summed E-state index contributed by atoms with van der Waals surface area (Å²) in [5.74, 6) is -0.0218. The molecular formula is C30H37N3O5S. The topological polar surface area (TPSA) is 96.0 Å². The monoisotopic (exact) mass is 551 g/mol. The summed E-state index contributed by atoms with van der Waals surface area (Å²) in [7, 11) is -2.07. The highest BCUT2D eigenvalue weighted by Gasteiger charge is 2.30. The molecule has 0 saturated heterocycles. The number of nitrogens with zero attached hydrogens (tertiary/aromatic N) is 2. The van der Waals surface area contributed by atoms with Gasteiger partial charge in [-0.2, -0.15) is 0 Å². The van der Waals surface area contributed by atoms with E-state index in [-0.39, 0.29) is 37.7 Å². The fourth-order valence-electron chi connectivity index (χ4n) is 4.42. The highest BCUT2D eigenvalue weighted by Crippen LogP contribution is 2.30. The van der Waals surface area contributed by atoms with E-state index in [9.17, 15) is 18.0 Å². The highest BCUT2D eigenvalue weighted by molar-refractivity contribution is 7.92. The van der Waals surface area contributed by atoms with Crippen molar-refractivity contribution < 1.29 is 22.7 Å². The molecule has 0 aliphatic rings. The quantitative estimate of drug-likeness (QED) is 0.327. The maximum absolute atomic E-state index is 13.7. The Bertz CT molecular complexity index is 1320. The van der Waals surface area contributed by atoms with Crippen molar-refractivity contribution in [2.45, 2.75) is 38.8 Å². The lowest BCUT2D eigenvalue weighted by Gasteiger charge is -2.31. The Morgan fingerprint density at radius 1 is 0.897 bits per heavy atom. The molecule has 0 aromatic heterocycles. The summed E-state index contributed by atoms with van der Waals surface area (Å²) < 4.78 is 32.3. The third-order valence-corrected chi connectivity index (χ3v) is 7.48. The van der Waals surface area contributed by atoms with E-state index in [1.54, 1.807) is 36.2 Å². The summed E-state index contributed by atoms with van der Waals surface area (Å²) in [6, 6.07) is 25.3. The molecule has 0 radical (unpaired) electrons. The summed E-state index contributed by atoms with van der Waals surface area (Å²) >= 11 is 0. The van der Waals surface area contributed by atoms with E-state index in [4.69, 9.17) is 4.74 Å². The Labute approximate surface area is 231 Å². The fourth-order valence-corrected chi connectivity index (χ4v) is 5.39. The number of anilines is 1. The van der Waals surface area contributed by atoms with Gasteiger partial charge in [-0.1, -0.05) is 72.8 Å². The van der Waals surface area contributed by atoms with Gasteiger partial charge in [0, 0.05) is 33.0 Å². The van der Waals surface area contributed by atoms with E-state index >= 15 is 0 Å².